The molecule has 0 aliphatic carbocycles. The van der Waals surface area contributed by atoms with Gasteiger partial charge in [-0.1, -0.05) is 55.5 Å². The standard InChI is InChI=1S/C21H24N2O2/c1-3-16-9-7-8-12-19(16)23-14-18(13-20(23)24)21(25)22-15(2)17-10-5-4-6-11-17/h4-12,15,18H,3,13-14H2,1-2H3,(H,22,25)/t15-,18+/m1/s1. The number of hydrogen-bond acceptors (Lipinski definition) is 2. The molecule has 0 spiro atoms. The Hall–Kier alpha value is -2.62. The number of amides is 2. The molecule has 0 saturated carbocycles. The van der Waals surface area contributed by atoms with E-state index < -0.39 is 0 Å². The van der Waals surface area contributed by atoms with Crippen LogP contribution in [0.1, 0.15) is 37.4 Å². The number of para-hydroxylation sites is 1. The topological polar surface area (TPSA) is 49.4 Å². The highest BCUT2D eigenvalue weighted by Crippen LogP contribution is 2.29. The average molecular weight is 336 g/mol. The van der Waals surface area contributed by atoms with E-state index in [0.717, 1.165) is 23.2 Å². The van der Waals surface area contributed by atoms with E-state index in [-0.39, 0.29) is 30.2 Å². The fourth-order valence-corrected chi connectivity index (χ4v) is 3.35. The summed E-state index contributed by atoms with van der Waals surface area (Å²) in [6, 6.07) is 17.7. The van der Waals surface area contributed by atoms with E-state index >= 15 is 0 Å². The molecule has 3 rings (SSSR count). The predicted octanol–water partition coefficient (Wildman–Crippen LogP) is 3.48. The fourth-order valence-electron chi connectivity index (χ4n) is 3.35. The van der Waals surface area contributed by atoms with Gasteiger partial charge >= 0.3 is 0 Å². The molecule has 1 aliphatic heterocycles. The lowest BCUT2D eigenvalue weighted by Crippen LogP contribution is -2.34. The van der Waals surface area contributed by atoms with Crippen LogP contribution >= 0.6 is 0 Å². The molecule has 2 aromatic rings. The molecule has 1 aliphatic rings. The highest BCUT2D eigenvalue weighted by molar-refractivity contribution is 6.00. The fraction of sp³-hybridized carbons (Fsp3) is 0.333. The first-order chi connectivity index (χ1) is 12.1. The van der Waals surface area contributed by atoms with Crippen molar-refractivity contribution in [2.75, 3.05) is 11.4 Å². The van der Waals surface area contributed by atoms with Crippen LogP contribution in [0.15, 0.2) is 54.6 Å². The summed E-state index contributed by atoms with van der Waals surface area (Å²) in [5.74, 6) is -0.335. The van der Waals surface area contributed by atoms with Crippen molar-refractivity contribution in [1.29, 1.82) is 0 Å². The second-order valence-electron chi connectivity index (χ2n) is 6.53. The van der Waals surface area contributed by atoms with Gasteiger partial charge in [-0.3, -0.25) is 9.59 Å². The normalized spacial score (nSPS) is 18.2. The molecule has 0 radical (unpaired) electrons. The van der Waals surface area contributed by atoms with Gasteiger partial charge in [-0.15, -0.1) is 0 Å². The number of nitrogens with zero attached hydrogens (tertiary/aromatic N) is 1. The first kappa shape index (κ1) is 17.2. The first-order valence-electron chi connectivity index (χ1n) is 8.83. The van der Waals surface area contributed by atoms with Crippen LogP contribution in [-0.4, -0.2) is 18.4 Å². The molecule has 130 valence electrons. The molecule has 1 N–H and O–H groups in total. The zero-order chi connectivity index (χ0) is 17.8. The monoisotopic (exact) mass is 336 g/mol. The average Bonchev–Trinajstić information content (AvgIpc) is 3.04. The van der Waals surface area contributed by atoms with Crippen molar-refractivity contribution in [3.8, 4) is 0 Å². The van der Waals surface area contributed by atoms with E-state index in [1.165, 1.54) is 0 Å². The first-order valence-corrected chi connectivity index (χ1v) is 8.83. The molecule has 2 amide bonds. The van der Waals surface area contributed by atoms with Crippen LogP contribution in [0.2, 0.25) is 0 Å². The van der Waals surface area contributed by atoms with Crippen LogP contribution in [-0.2, 0) is 16.0 Å². The molecule has 1 fully saturated rings. The molecular weight excluding hydrogens is 312 g/mol. The van der Waals surface area contributed by atoms with Gasteiger partial charge in [0.2, 0.25) is 11.8 Å². The molecule has 2 aromatic carbocycles. The van der Waals surface area contributed by atoms with Crippen molar-refractivity contribution >= 4 is 17.5 Å². The molecular formula is C21H24N2O2. The zero-order valence-electron chi connectivity index (χ0n) is 14.7. The molecule has 0 bridgehead atoms. The lowest BCUT2D eigenvalue weighted by atomic mass is 10.0. The van der Waals surface area contributed by atoms with Crippen molar-refractivity contribution in [3.05, 3.63) is 65.7 Å². The SMILES string of the molecule is CCc1ccccc1N1C[C@@H](C(=O)N[C@H](C)c2ccccc2)CC1=O. The van der Waals surface area contributed by atoms with Crippen LogP contribution in [0.4, 0.5) is 5.69 Å². The van der Waals surface area contributed by atoms with Crippen molar-refractivity contribution < 1.29 is 9.59 Å². The Morgan fingerprint density at radius 1 is 1.16 bits per heavy atom. The van der Waals surface area contributed by atoms with Gasteiger partial charge in [-0.25, -0.2) is 0 Å². The van der Waals surface area contributed by atoms with E-state index in [4.69, 9.17) is 0 Å². The van der Waals surface area contributed by atoms with Crippen molar-refractivity contribution in [2.24, 2.45) is 5.92 Å². The van der Waals surface area contributed by atoms with Gasteiger partial charge in [0.25, 0.3) is 0 Å². The van der Waals surface area contributed by atoms with Crippen molar-refractivity contribution in [1.82, 2.24) is 5.32 Å². The van der Waals surface area contributed by atoms with E-state index in [1.54, 1.807) is 4.90 Å². The minimum atomic E-state index is -0.302. The maximum absolute atomic E-state index is 12.6. The molecule has 1 heterocycles. The van der Waals surface area contributed by atoms with Gasteiger partial charge in [0.05, 0.1) is 12.0 Å². The van der Waals surface area contributed by atoms with Crippen molar-refractivity contribution in [2.45, 2.75) is 32.7 Å². The smallest absolute Gasteiger partial charge is 0.227 e. The third-order valence-corrected chi connectivity index (χ3v) is 4.82. The number of aryl methyl sites for hydroxylation is 1. The lowest BCUT2D eigenvalue weighted by molar-refractivity contribution is -0.126. The van der Waals surface area contributed by atoms with Crippen molar-refractivity contribution in [3.63, 3.8) is 0 Å². The molecule has 1 saturated heterocycles. The minimum Gasteiger partial charge on any atom is -0.349 e. The third kappa shape index (κ3) is 3.73. The quantitative estimate of drug-likeness (QED) is 0.909. The van der Waals surface area contributed by atoms with Crippen LogP contribution in [0.25, 0.3) is 0 Å². The summed E-state index contributed by atoms with van der Waals surface area (Å²) in [6.45, 7) is 4.49. The molecule has 0 unspecified atom stereocenters. The van der Waals surface area contributed by atoms with Crippen LogP contribution < -0.4 is 10.2 Å². The maximum atomic E-state index is 12.6. The largest absolute Gasteiger partial charge is 0.349 e. The Kier molecular flexibility index (Phi) is 5.17. The summed E-state index contributed by atoms with van der Waals surface area (Å²) < 4.78 is 0. The summed E-state index contributed by atoms with van der Waals surface area (Å²) in [4.78, 5) is 26.8. The second kappa shape index (κ2) is 7.51. The minimum absolute atomic E-state index is 0.0217. The maximum Gasteiger partial charge on any atom is 0.227 e. The van der Waals surface area contributed by atoms with Crippen LogP contribution in [0.3, 0.4) is 0 Å². The van der Waals surface area contributed by atoms with Crippen LogP contribution in [0.5, 0.6) is 0 Å². The predicted molar refractivity (Wildman–Crippen MR) is 99.3 cm³/mol. The third-order valence-electron chi connectivity index (χ3n) is 4.82. The Morgan fingerprint density at radius 2 is 1.84 bits per heavy atom. The number of rotatable bonds is 5. The Balaban J connectivity index is 1.69. The van der Waals surface area contributed by atoms with Crippen LogP contribution in [0, 0.1) is 5.92 Å². The Labute approximate surface area is 148 Å². The molecule has 4 heteroatoms. The highest BCUT2D eigenvalue weighted by Gasteiger charge is 2.36. The molecule has 0 aromatic heterocycles. The zero-order valence-corrected chi connectivity index (χ0v) is 14.7. The number of carbonyl (C=O) groups is 2. The highest BCUT2D eigenvalue weighted by atomic mass is 16.2. The van der Waals surface area contributed by atoms with E-state index in [2.05, 4.69) is 12.2 Å². The lowest BCUT2D eigenvalue weighted by Gasteiger charge is -2.20. The summed E-state index contributed by atoms with van der Waals surface area (Å²) >= 11 is 0. The van der Waals surface area contributed by atoms with E-state index in [1.807, 2.05) is 61.5 Å². The number of carbonyl (C=O) groups excluding carboxylic acids is 2. The Morgan fingerprint density at radius 3 is 2.56 bits per heavy atom. The van der Waals surface area contributed by atoms with Gasteiger partial charge in [0, 0.05) is 18.7 Å². The second-order valence-corrected chi connectivity index (χ2v) is 6.53. The molecule has 2 atom stereocenters. The Bertz CT molecular complexity index is 758. The van der Waals surface area contributed by atoms with Gasteiger partial charge in [-0.05, 0) is 30.5 Å². The molecule has 25 heavy (non-hydrogen) atoms. The van der Waals surface area contributed by atoms with Gasteiger partial charge < -0.3 is 10.2 Å². The van der Waals surface area contributed by atoms with Gasteiger partial charge in [0.1, 0.15) is 0 Å². The summed E-state index contributed by atoms with van der Waals surface area (Å²) in [5, 5.41) is 3.04. The summed E-state index contributed by atoms with van der Waals surface area (Å²) in [5.41, 5.74) is 3.13. The number of benzene rings is 2. The number of anilines is 1. The summed E-state index contributed by atoms with van der Waals surface area (Å²) in [6.07, 6.45) is 1.13. The van der Waals surface area contributed by atoms with E-state index in [0.29, 0.717) is 6.54 Å². The summed E-state index contributed by atoms with van der Waals surface area (Å²) in [7, 11) is 0. The van der Waals surface area contributed by atoms with E-state index in [9.17, 15) is 9.59 Å². The number of nitrogens with one attached hydrogen (secondary N) is 1. The van der Waals surface area contributed by atoms with Gasteiger partial charge in [-0.2, -0.15) is 0 Å². The molecule has 4 nitrogen and oxygen atoms in total. The number of hydrogen-bond donors (Lipinski definition) is 1. The van der Waals surface area contributed by atoms with Gasteiger partial charge in [0.15, 0.2) is 0 Å².